The van der Waals surface area contributed by atoms with Crippen molar-refractivity contribution in [3.8, 4) is 0 Å². The fraction of sp³-hybridized carbons (Fsp3) is 0.200. The van der Waals surface area contributed by atoms with Gasteiger partial charge in [0.2, 0.25) is 0 Å². The molecule has 2 N–H and O–H groups in total. The SMILES string of the molecule is O=C(NCCO)c1cc2cccnc2s1. The van der Waals surface area contributed by atoms with Crippen molar-refractivity contribution in [2.75, 3.05) is 13.2 Å². The van der Waals surface area contributed by atoms with Gasteiger partial charge in [0, 0.05) is 18.1 Å². The Morgan fingerprint density at radius 2 is 2.47 bits per heavy atom. The Hall–Kier alpha value is -1.46. The van der Waals surface area contributed by atoms with E-state index >= 15 is 0 Å². The number of aliphatic hydroxyl groups is 1. The van der Waals surface area contributed by atoms with Gasteiger partial charge in [-0.25, -0.2) is 4.98 Å². The number of carbonyl (C=O) groups is 1. The monoisotopic (exact) mass is 222 g/mol. The van der Waals surface area contributed by atoms with Crippen LogP contribution >= 0.6 is 11.3 Å². The lowest BCUT2D eigenvalue weighted by Gasteiger charge is -1.98. The minimum Gasteiger partial charge on any atom is -0.395 e. The van der Waals surface area contributed by atoms with Gasteiger partial charge in [-0.15, -0.1) is 11.3 Å². The van der Waals surface area contributed by atoms with Crippen LogP contribution in [0.1, 0.15) is 9.67 Å². The van der Waals surface area contributed by atoms with Crippen LogP contribution in [0.2, 0.25) is 0 Å². The van der Waals surface area contributed by atoms with Gasteiger partial charge in [0.15, 0.2) is 0 Å². The normalized spacial score (nSPS) is 10.5. The molecule has 1 amide bonds. The summed E-state index contributed by atoms with van der Waals surface area (Å²) in [5.74, 6) is -0.160. The number of pyridine rings is 1. The molecule has 78 valence electrons. The van der Waals surface area contributed by atoms with Crippen molar-refractivity contribution >= 4 is 27.5 Å². The molecule has 4 nitrogen and oxygen atoms in total. The predicted molar refractivity (Wildman–Crippen MR) is 59.0 cm³/mol. The Morgan fingerprint density at radius 1 is 1.60 bits per heavy atom. The molecule has 0 saturated heterocycles. The number of carbonyl (C=O) groups excluding carboxylic acids is 1. The zero-order chi connectivity index (χ0) is 10.7. The van der Waals surface area contributed by atoms with Crippen LogP contribution in [-0.4, -0.2) is 29.1 Å². The van der Waals surface area contributed by atoms with E-state index in [-0.39, 0.29) is 19.1 Å². The van der Waals surface area contributed by atoms with E-state index in [4.69, 9.17) is 5.11 Å². The van der Waals surface area contributed by atoms with Crippen LogP contribution in [0.4, 0.5) is 0 Å². The van der Waals surface area contributed by atoms with Crippen molar-refractivity contribution < 1.29 is 9.90 Å². The van der Waals surface area contributed by atoms with Crippen molar-refractivity contribution in [3.05, 3.63) is 29.3 Å². The summed E-state index contributed by atoms with van der Waals surface area (Å²) in [7, 11) is 0. The maximum absolute atomic E-state index is 11.5. The standard InChI is InChI=1S/C10H10N2O2S/c13-5-4-11-9(14)8-6-7-2-1-3-12-10(7)15-8/h1-3,6,13H,4-5H2,(H,11,14). The molecule has 0 bridgehead atoms. The van der Waals surface area contributed by atoms with Gasteiger partial charge in [-0.2, -0.15) is 0 Å². The average molecular weight is 222 g/mol. The summed E-state index contributed by atoms with van der Waals surface area (Å²) < 4.78 is 0. The second-order valence-corrected chi connectivity index (χ2v) is 4.02. The van der Waals surface area contributed by atoms with Gasteiger partial charge in [-0.05, 0) is 12.1 Å². The molecular formula is C10H10N2O2S. The van der Waals surface area contributed by atoms with Crippen LogP contribution in [-0.2, 0) is 0 Å². The van der Waals surface area contributed by atoms with Crippen LogP contribution in [0.25, 0.3) is 10.2 Å². The maximum atomic E-state index is 11.5. The summed E-state index contributed by atoms with van der Waals surface area (Å²) in [4.78, 5) is 17.2. The molecular weight excluding hydrogens is 212 g/mol. The molecule has 0 radical (unpaired) electrons. The summed E-state index contributed by atoms with van der Waals surface area (Å²) >= 11 is 1.35. The van der Waals surface area contributed by atoms with Gasteiger partial charge in [-0.1, -0.05) is 6.07 Å². The zero-order valence-electron chi connectivity index (χ0n) is 7.93. The summed E-state index contributed by atoms with van der Waals surface area (Å²) in [5.41, 5.74) is 0. The molecule has 0 fully saturated rings. The van der Waals surface area contributed by atoms with Gasteiger partial charge in [0.1, 0.15) is 4.83 Å². The fourth-order valence-electron chi connectivity index (χ4n) is 1.24. The number of thiophene rings is 1. The van der Waals surface area contributed by atoms with Crippen molar-refractivity contribution in [1.82, 2.24) is 10.3 Å². The molecule has 0 aliphatic carbocycles. The van der Waals surface area contributed by atoms with E-state index in [0.717, 1.165) is 10.2 Å². The van der Waals surface area contributed by atoms with Gasteiger partial charge < -0.3 is 10.4 Å². The highest BCUT2D eigenvalue weighted by molar-refractivity contribution is 7.20. The zero-order valence-corrected chi connectivity index (χ0v) is 8.75. The van der Waals surface area contributed by atoms with E-state index in [1.165, 1.54) is 11.3 Å². The number of aromatic nitrogens is 1. The lowest BCUT2D eigenvalue weighted by Crippen LogP contribution is -2.25. The second kappa shape index (κ2) is 4.37. The van der Waals surface area contributed by atoms with Crippen LogP contribution < -0.4 is 5.32 Å². The number of hydrogen-bond donors (Lipinski definition) is 2. The van der Waals surface area contributed by atoms with Crippen LogP contribution in [0.3, 0.4) is 0 Å². The molecule has 0 unspecified atom stereocenters. The predicted octanol–water partition coefficient (Wildman–Crippen LogP) is 1.02. The molecule has 0 saturated carbocycles. The summed E-state index contributed by atoms with van der Waals surface area (Å²) in [6, 6.07) is 5.56. The number of aliphatic hydroxyl groups excluding tert-OH is 1. The van der Waals surface area contributed by atoms with Gasteiger partial charge >= 0.3 is 0 Å². The first-order valence-electron chi connectivity index (χ1n) is 4.55. The Morgan fingerprint density at radius 3 is 3.20 bits per heavy atom. The Balaban J connectivity index is 2.25. The maximum Gasteiger partial charge on any atom is 0.261 e. The summed E-state index contributed by atoms with van der Waals surface area (Å²) in [6.07, 6.45) is 1.70. The molecule has 0 aliphatic heterocycles. The van der Waals surface area contributed by atoms with Crippen LogP contribution in [0, 0.1) is 0 Å². The van der Waals surface area contributed by atoms with E-state index in [1.54, 1.807) is 12.3 Å². The van der Waals surface area contributed by atoms with Crippen molar-refractivity contribution in [2.45, 2.75) is 0 Å². The van der Waals surface area contributed by atoms with Gasteiger partial charge in [-0.3, -0.25) is 4.79 Å². The Kier molecular flexibility index (Phi) is 2.94. The van der Waals surface area contributed by atoms with E-state index in [9.17, 15) is 4.79 Å². The molecule has 2 rings (SSSR count). The molecule has 2 aromatic heterocycles. The first-order chi connectivity index (χ1) is 7.31. The van der Waals surface area contributed by atoms with Crippen LogP contribution in [0.15, 0.2) is 24.4 Å². The third kappa shape index (κ3) is 2.14. The van der Waals surface area contributed by atoms with Gasteiger partial charge in [0.05, 0.1) is 11.5 Å². The molecule has 0 aliphatic rings. The number of rotatable bonds is 3. The lowest BCUT2D eigenvalue weighted by molar-refractivity contribution is 0.0949. The molecule has 15 heavy (non-hydrogen) atoms. The summed E-state index contributed by atoms with van der Waals surface area (Å²) in [6.45, 7) is 0.232. The number of fused-ring (bicyclic) bond motifs is 1. The van der Waals surface area contributed by atoms with Crippen molar-refractivity contribution in [3.63, 3.8) is 0 Å². The Labute approximate surface area is 90.6 Å². The molecule has 2 aromatic rings. The van der Waals surface area contributed by atoms with Crippen molar-refractivity contribution in [2.24, 2.45) is 0 Å². The molecule has 2 heterocycles. The third-order valence-corrected chi connectivity index (χ3v) is 2.97. The lowest BCUT2D eigenvalue weighted by atomic mass is 10.3. The smallest absolute Gasteiger partial charge is 0.261 e. The minimum atomic E-state index is -0.160. The molecule has 0 aromatic carbocycles. The van der Waals surface area contributed by atoms with Gasteiger partial charge in [0.25, 0.3) is 5.91 Å². The van der Waals surface area contributed by atoms with E-state index in [2.05, 4.69) is 10.3 Å². The van der Waals surface area contributed by atoms with E-state index in [1.807, 2.05) is 12.1 Å². The highest BCUT2D eigenvalue weighted by Crippen LogP contribution is 2.22. The summed E-state index contributed by atoms with van der Waals surface area (Å²) in [5, 5.41) is 12.2. The first-order valence-corrected chi connectivity index (χ1v) is 5.36. The average Bonchev–Trinajstić information content (AvgIpc) is 2.69. The van der Waals surface area contributed by atoms with E-state index < -0.39 is 0 Å². The van der Waals surface area contributed by atoms with Crippen molar-refractivity contribution in [1.29, 1.82) is 0 Å². The van der Waals surface area contributed by atoms with Crippen LogP contribution in [0.5, 0.6) is 0 Å². The number of nitrogens with zero attached hydrogens (tertiary/aromatic N) is 1. The largest absolute Gasteiger partial charge is 0.395 e. The third-order valence-electron chi connectivity index (χ3n) is 1.91. The molecule has 5 heteroatoms. The second-order valence-electron chi connectivity index (χ2n) is 2.99. The first kappa shape index (κ1) is 10.1. The quantitative estimate of drug-likeness (QED) is 0.815. The molecule has 0 atom stereocenters. The Bertz CT molecular complexity index is 448. The minimum absolute atomic E-state index is 0.0467. The number of nitrogens with one attached hydrogen (secondary N) is 1. The number of amides is 1. The highest BCUT2D eigenvalue weighted by Gasteiger charge is 2.09. The highest BCUT2D eigenvalue weighted by atomic mass is 32.1. The fourth-order valence-corrected chi connectivity index (χ4v) is 2.16. The topological polar surface area (TPSA) is 62.2 Å². The number of hydrogen-bond acceptors (Lipinski definition) is 4. The van der Waals surface area contributed by atoms with E-state index in [0.29, 0.717) is 4.88 Å². The molecule has 0 spiro atoms.